The summed E-state index contributed by atoms with van der Waals surface area (Å²) in [6.07, 6.45) is 1.89. The van der Waals surface area contributed by atoms with Gasteiger partial charge >= 0.3 is 0 Å². The van der Waals surface area contributed by atoms with Gasteiger partial charge in [0.15, 0.2) is 5.65 Å². The van der Waals surface area contributed by atoms with Gasteiger partial charge in [-0.3, -0.25) is 4.68 Å². The van der Waals surface area contributed by atoms with Crippen molar-refractivity contribution in [3.05, 3.63) is 65.5 Å². The van der Waals surface area contributed by atoms with E-state index in [1.54, 1.807) is 4.52 Å². The van der Waals surface area contributed by atoms with Crippen molar-refractivity contribution >= 4 is 5.65 Å². The standard InChI is InChI=1S/C22H25N5O/c1-15(2)14-28-20-9-8-16(3)11-18(20)13-27-17(4)12-19(24-27)22-23-21-7-5-6-10-26(21)25-22/h5-12,15H,13-14H2,1-4H3. The average molecular weight is 375 g/mol. The van der Waals surface area contributed by atoms with Crippen LogP contribution in [0.25, 0.3) is 17.2 Å². The molecule has 1 aromatic carbocycles. The Hall–Kier alpha value is -3.15. The second kappa shape index (κ2) is 7.46. The van der Waals surface area contributed by atoms with Crippen molar-refractivity contribution in [2.24, 2.45) is 5.92 Å². The van der Waals surface area contributed by atoms with E-state index in [1.807, 2.05) is 35.1 Å². The van der Waals surface area contributed by atoms with Crippen molar-refractivity contribution in [1.82, 2.24) is 24.4 Å². The number of pyridine rings is 1. The molecule has 3 aromatic heterocycles. The Labute approximate surface area is 164 Å². The van der Waals surface area contributed by atoms with Gasteiger partial charge < -0.3 is 4.74 Å². The van der Waals surface area contributed by atoms with Crippen molar-refractivity contribution in [2.75, 3.05) is 6.61 Å². The molecule has 0 amide bonds. The van der Waals surface area contributed by atoms with Crippen LogP contribution in [0.5, 0.6) is 5.75 Å². The van der Waals surface area contributed by atoms with Crippen LogP contribution in [0.3, 0.4) is 0 Å². The van der Waals surface area contributed by atoms with E-state index in [1.165, 1.54) is 5.56 Å². The molecule has 0 saturated heterocycles. The molecule has 0 unspecified atom stereocenters. The molecular formula is C22H25N5O. The molecule has 28 heavy (non-hydrogen) atoms. The summed E-state index contributed by atoms with van der Waals surface area (Å²) < 4.78 is 9.78. The third-order valence-corrected chi connectivity index (χ3v) is 4.56. The van der Waals surface area contributed by atoms with Gasteiger partial charge in [-0.1, -0.05) is 37.6 Å². The molecule has 0 bridgehead atoms. The summed E-state index contributed by atoms with van der Waals surface area (Å²) in [4.78, 5) is 4.58. The summed E-state index contributed by atoms with van der Waals surface area (Å²) in [6.45, 7) is 9.80. The fourth-order valence-electron chi connectivity index (χ4n) is 3.11. The van der Waals surface area contributed by atoms with Crippen molar-refractivity contribution in [2.45, 2.75) is 34.2 Å². The maximum atomic E-state index is 6.03. The topological polar surface area (TPSA) is 57.2 Å². The van der Waals surface area contributed by atoms with Gasteiger partial charge in [0.25, 0.3) is 0 Å². The van der Waals surface area contributed by atoms with Crippen LogP contribution in [0.1, 0.15) is 30.7 Å². The number of fused-ring (bicyclic) bond motifs is 1. The largest absolute Gasteiger partial charge is 0.493 e. The molecule has 0 N–H and O–H groups in total. The molecule has 0 atom stereocenters. The lowest BCUT2D eigenvalue weighted by Gasteiger charge is -2.14. The Balaban J connectivity index is 1.63. The predicted molar refractivity (Wildman–Crippen MR) is 110 cm³/mol. The number of hydrogen-bond donors (Lipinski definition) is 0. The third kappa shape index (κ3) is 3.76. The third-order valence-electron chi connectivity index (χ3n) is 4.56. The summed E-state index contributed by atoms with van der Waals surface area (Å²) in [7, 11) is 0. The SMILES string of the molecule is Cc1ccc(OCC(C)C)c(Cn2nc(-c3nc4ccccn4n3)cc2C)c1. The molecule has 6 heteroatoms. The molecule has 144 valence electrons. The van der Waals surface area contributed by atoms with Crippen LogP contribution in [0.15, 0.2) is 48.7 Å². The Kier molecular flexibility index (Phi) is 4.86. The van der Waals surface area contributed by atoms with Crippen LogP contribution in [-0.2, 0) is 6.54 Å². The highest BCUT2D eigenvalue weighted by Gasteiger charge is 2.14. The van der Waals surface area contributed by atoms with Gasteiger partial charge in [-0.15, -0.1) is 5.10 Å². The summed E-state index contributed by atoms with van der Waals surface area (Å²) in [5, 5.41) is 9.29. The molecule has 0 fully saturated rings. The average Bonchev–Trinajstić information content (AvgIpc) is 3.24. The second-order valence-electron chi connectivity index (χ2n) is 7.58. The smallest absolute Gasteiger partial charge is 0.202 e. The van der Waals surface area contributed by atoms with E-state index in [-0.39, 0.29) is 0 Å². The molecule has 0 spiro atoms. The van der Waals surface area contributed by atoms with Crippen LogP contribution in [-0.4, -0.2) is 31.0 Å². The van der Waals surface area contributed by atoms with Crippen molar-refractivity contribution in [3.63, 3.8) is 0 Å². The minimum absolute atomic E-state index is 0.480. The lowest BCUT2D eigenvalue weighted by atomic mass is 10.1. The quantitative estimate of drug-likeness (QED) is 0.504. The van der Waals surface area contributed by atoms with Gasteiger partial charge in [0, 0.05) is 17.5 Å². The first-order chi connectivity index (χ1) is 13.5. The van der Waals surface area contributed by atoms with Crippen LogP contribution < -0.4 is 4.74 Å². The Morgan fingerprint density at radius 1 is 1.04 bits per heavy atom. The molecule has 0 saturated carbocycles. The van der Waals surface area contributed by atoms with Crippen LogP contribution in [0.2, 0.25) is 0 Å². The van der Waals surface area contributed by atoms with E-state index in [2.05, 4.69) is 56.0 Å². The maximum Gasteiger partial charge on any atom is 0.202 e. The molecule has 4 aromatic rings. The minimum atomic E-state index is 0.480. The highest BCUT2D eigenvalue weighted by molar-refractivity contribution is 5.54. The van der Waals surface area contributed by atoms with Crippen LogP contribution in [0.4, 0.5) is 0 Å². The van der Waals surface area contributed by atoms with Crippen molar-refractivity contribution < 1.29 is 4.74 Å². The van der Waals surface area contributed by atoms with Gasteiger partial charge in [0.05, 0.1) is 13.2 Å². The molecule has 0 aliphatic heterocycles. The Bertz CT molecular complexity index is 1080. The number of ether oxygens (including phenoxy) is 1. The second-order valence-corrected chi connectivity index (χ2v) is 7.58. The number of nitrogens with zero attached hydrogens (tertiary/aromatic N) is 5. The van der Waals surface area contributed by atoms with Crippen LogP contribution in [0, 0.1) is 19.8 Å². The first-order valence-corrected chi connectivity index (χ1v) is 9.58. The number of aromatic nitrogens is 5. The molecule has 0 aliphatic rings. The lowest BCUT2D eigenvalue weighted by Crippen LogP contribution is -2.09. The summed E-state index contributed by atoms with van der Waals surface area (Å²) in [5.41, 5.74) is 4.98. The molecule has 4 rings (SSSR count). The molecule has 6 nitrogen and oxygen atoms in total. The summed E-state index contributed by atoms with van der Waals surface area (Å²) in [6, 6.07) is 14.2. The molecule has 3 heterocycles. The minimum Gasteiger partial charge on any atom is -0.493 e. The molecular weight excluding hydrogens is 350 g/mol. The van der Waals surface area contributed by atoms with Gasteiger partial charge in [0.2, 0.25) is 5.82 Å². The van der Waals surface area contributed by atoms with E-state index < -0.39 is 0 Å². The lowest BCUT2D eigenvalue weighted by molar-refractivity contribution is 0.268. The fourth-order valence-corrected chi connectivity index (χ4v) is 3.11. The van der Waals surface area contributed by atoms with E-state index in [0.717, 1.165) is 28.3 Å². The highest BCUT2D eigenvalue weighted by atomic mass is 16.5. The van der Waals surface area contributed by atoms with Gasteiger partial charge in [-0.05, 0) is 44.0 Å². The van der Waals surface area contributed by atoms with E-state index >= 15 is 0 Å². The number of benzene rings is 1. The number of rotatable bonds is 6. The van der Waals surface area contributed by atoms with E-state index in [4.69, 9.17) is 9.84 Å². The number of hydrogen-bond acceptors (Lipinski definition) is 4. The Morgan fingerprint density at radius 3 is 2.68 bits per heavy atom. The maximum absolute atomic E-state index is 6.03. The summed E-state index contributed by atoms with van der Waals surface area (Å²) in [5.74, 6) is 2.03. The zero-order valence-electron chi connectivity index (χ0n) is 16.8. The zero-order valence-corrected chi connectivity index (χ0v) is 16.8. The van der Waals surface area contributed by atoms with Gasteiger partial charge in [-0.25, -0.2) is 9.50 Å². The predicted octanol–water partition coefficient (Wildman–Crippen LogP) is 4.29. The zero-order chi connectivity index (χ0) is 19.7. The fraction of sp³-hybridized carbons (Fsp3) is 0.318. The van der Waals surface area contributed by atoms with Crippen LogP contribution >= 0.6 is 0 Å². The monoisotopic (exact) mass is 375 g/mol. The van der Waals surface area contributed by atoms with E-state index in [9.17, 15) is 0 Å². The highest BCUT2D eigenvalue weighted by Crippen LogP contribution is 2.24. The van der Waals surface area contributed by atoms with Crippen molar-refractivity contribution in [1.29, 1.82) is 0 Å². The number of aryl methyl sites for hydroxylation is 2. The molecule has 0 aliphatic carbocycles. The van der Waals surface area contributed by atoms with Gasteiger partial charge in [0.1, 0.15) is 11.4 Å². The normalized spacial score (nSPS) is 11.5. The Morgan fingerprint density at radius 2 is 1.89 bits per heavy atom. The molecule has 0 radical (unpaired) electrons. The van der Waals surface area contributed by atoms with Crippen molar-refractivity contribution in [3.8, 4) is 17.3 Å². The first-order valence-electron chi connectivity index (χ1n) is 9.58. The van der Waals surface area contributed by atoms with E-state index in [0.29, 0.717) is 24.9 Å². The van der Waals surface area contributed by atoms with Gasteiger partial charge in [-0.2, -0.15) is 5.10 Å². The summed E-state index contributed by atoms with van der Waals surface area (Å²) >= 11 is 0. The first kappa shape index (κ1) is 18.2.